The Morgan fingerprint density at radius 1 is 0.903 bits per heavy atom. The molecular formula is C22H20N4O4S. The Kier molecular flexibility index (Phi) is 5.94. The molecule has 9 heteroatoms. The van der Waals surface area contributed by atoms with E-state index >= 15 is 0 Å². The molecule has 0 saturated heterocycles. The van der Waals surface area contributed by atoms with Gasteiger partial charge in [0.25, 0.3) is 15.9 Å². The molecule has 4 rings (SSSR count). The molecule has 0 amide bonds. The van der Waals surface area contributed by atoms with Crippen molar-refractivity contribution in [1.82, 2.24) is 15.0 Å². The topological polar surface area (TPSA) is 103 Å². The van der Waals surface area contributed by atoms with Crippen LogP contribution < -0.4 is 14.2 Å². The molecular weight excluding hydrogens is 416 g/mol. The van der Waals surface area contributed by atoms with Gasteiger partial charge in [0.05, 0.1) is 29.6 Å². The monoisotopic (exact) mass is 436 g/mol. The second-order valence-corrected chi connectivity index (χ2v) is 8.28. The molecule has 4 aromatic rings. The molecule has 2 aromatic heterocycles. The van der Waals surface area contributed by atoms with E-state index in [1.54, 1.807) is 36.7 Å². The van der Waals surface area contributed by atoms with Crippen LogP contribution in [0.15, 0.2) is 78.0 Å². The first-order valence-corrected chi connectivity index (χ1v) is 11.0. The number of anilines is 1. The van der Waals surface area contributed by atoms with Crippen LogP contribution in [-0.2, 0) is 16.4 Å². The third-order valence-electron chi connectivity index (χ3n) is 4.52. The van der Waals surface area contributed by atoms with Crippen LogP contribution in [-0.4, -0.2) is 37.1 Å². The first kappa shape index (κ1) is 20.5. The molecule has 0 atom stereocenters. The summed E-state index contributed by atoms with van der Waals surface area (Å²) in [6, 6.07) is 17.0. The summed E-state index contributed by atoms with van der Waals surface area (Å²) in [4.78, 5) is 13.0. The zero-order valence-electron chi connectivity index (χ0n) is 16.7. The van der Waals surface area contributed by atoms with E-state index in [1.807, 2.05) is 24.3 Å². The quantitative estimate of drug-likeness (QED) is 0.451. The Hall–Kier alpha value is -3.72. The molecule has 0 fully saturated rings. The number of pyridine rings is 1. The van der Waals surface area contributed by atoms with E-state index in [0.717, 1.165) is 5.56 Å². The number of methoxy groups -OCH3 is 1. The summed E-state index contributed by atoms with van der Waals surface area (Å²) in [7, 11) is -2.39. The van der Waals surface area contributed by atoms with Crippen LogP contribution in [0.2, 0.25) is 0 Å². The fourth-order valence-electron chi connectivity index (χ4n) is 2.91. The number of fused-ring (bicyclic) bond motifs is 1. The molecule has 0 unspecified atom stereocenters. The molecule has 0 aliphatic rings. The second-order valence-electron chi connectivity index (χ2n) is 6.60. The van der Waals surface area contributed by atoms with E-state index in [0.29, 0.717) is 29.8 Å². The summed E-state index contributed by atoms with van der Waals surface area (Å²) < 4.78 is 39.2. The van der Waals surface area contributed by atoms with Crippen LogP contribution >= 0.6 is 0 Å². The maximum absolute atomic E-state index is 12.9. The van der Waals surface area contributed by atoms with Crippen LogP contribution in [0.4, 0.5) is 5.82 Å². The third-order valence-corrected chi connectivity index (χ3v) is 5.87. The molecule has 158 valence electrons. The fraction of sp³-hybridized carbons (Fsp3) is 0.136. The van der Waals surface area contributed by atoms with Gasteiger partial charge in [-0.25, -0.2) is 18.4 Å². The van der Waals surface area contributed by atoms with Gasteiger partial charge >= 0.3 is 0 Å². The van der Waals surface area contributed by atoms with Crippen molar-refractivity contribution in [2.75, 3.05) is 18.4 Å². The molecule has 0 spiro atoms. The number of aromatic nitrogens is 3. The van der Waals surface area contributed by atoms with Crippen LogP contribution in [0.5, 0.6) is 11.6 Å². The average molecular weight is 436 g/mol. The summed E-state index contributed by atoms with van der Waals surface area (Å²) in [6.45, 7) is 0.300. The van der Waals surface area contributed by atoms with Crippen LogP contribution in [0.3, 0.4) is 0 Å². The number of hydrogen-bond donors (Lipinski definition) is 1. The SMILES string of the molecule is COc1ccc(S(=O)(=O)Nc2nc3ccccc3nc2OCCc2ccncc2)cc1. The number of sulfonamides is 1. The van der Waals surface area contributed by atoms with Crippen molar-refractivity contribution in [1.29, 1.82) is 0 Å². The van der Waals surface area contributed by atoms with Crippen LogP contribution in [0.1, 0.15) is 5.56 Å². The number of benzene rings is 2. The predicted octanol–water partition coefficient (Wildman–Crippen LogP) is 3.46. The molecule has 0 saturated carbocycles. The van der Waals surface area contributed by atoms with Gasteiger partial charge in [-0.1, -0.05) is 12.1 Å². The van der Waals surface area contributed by atoms with Crippen molar-refractivity contribution in [2.24, 2.45) is 0 Å². The Bertz CT molecular complexity index is 1280. The number of rotatable bonds is 8. The van der Waals surface area contributed by atoms with Crippen molar-refractivity contribution in [2.45, 2.75) is 11.3 Å². The number of ether oxygens (including phenoxy) is 2. The van der Waals surface area contributed by atoms with Crippen molar-refractivity contribution in [3.63, 3.8) is 0 Å². The highest BCUT2D eigenvalue weighted by molar-refractivity contribution is 7.92. The van der Waals surface area contributed by atoms with Crippen molar-refractivity contribution in [3.8, 4) is 11.6 Å². The van der Waals surface area contributed by atoms with Crippen molar-refractivity contribution >= 4 is 26.9 Å². The minimum atomic E-state index is -3.90. The van der Waals surface area contributed by atoms with E-state index in [4.69, 9.17) is 9.47 Å². The molecule has 31 heavy (non-hydrogen) atoms. The standard InChI is InChI=1S/C22H20N4O4S/c1-29-17-6-8-18(9-7-17)31(27,28)26-21-22(25-20-5-3-2-4-19(20)24-21)30-15-12-16-10-13-23-14-11-16/h2-11,13-14H,12,15H2,1H3,(H,24,26). The van der Waals surface area contributed by atoms with Gasteiger partial charge in [-0.2, -0.15) is 0 Å². The van der Waals surface area contributed by atoms with Crippen LogP contribution in [0.25, 0.3) is 11.0 Å². The van der Waals surface area contributed by atoms with E-state index in [1.165, 1.54) is 19.2 Å². The van der Waals surface area contributed by atoms with Crippen molar-refractivity contribution in [3.05, 3.63) is 78.6 Å². The van der Waals surface area contributed by atoms with Crippen molar-refractivity contribution < 1.29 is 17.9 Å². The summed E-state index contributed by atoms with van der Waals surface area (Å²) in [5, 5.41) is 0. The molecule has 0 radical (unpaired) electrons. The molecule has 8 nitrogen and oxygen atoms in total. The maximum atomic E-state index is 12.9. The summed E-state index contributed by atoms with van der Waals surface area (Å²) in [5.41, 5.74) is 2.20. The second kappa shape index (κ2) is 8.97. The van der Waals surface area contributed by atoms with Gasteiger partial charge in [0.15, 0.2) is 0 Å². The lowest BCUT2D eigenvalue weighted by Crippen LogP contribution is -2.16. The van der Waals surface area contributed by atoms with Crippen LogP contribution in [0, 0.1) is 0 Å². The molecule has 0 aliphatic heterocycles. The average Bonchev–Trinajstić information content (AvgIpc) is 2.80. The zero-order valence-corrected chi connectivity index (χ0v) is 17.5. The van der Waals surface area contributed by atoms with Gasteiger partial charge in [0, 0.05) is 18.8 Å². The normalized spacial score (nSPS) is 11.3. The lowest BCUT2D eigenvalue weighted by atomic mass is 10.2. The highest BCUT2D eigenvalue weighted by Crippen LogP contribution is 2.27. The largest absolute Gasteiger partial charge is 0.497 e. The Balaban J connectivity index is 1.62. The molecule has 0 aliphatic carbocycles. The fourth-order valence-corrected chi connectivity index (χ4v) is 3.91. The minimum absolute atomic E-state index is 0.0317. The highest BCUT2D eigenvalue weighted by atomic mass is 32.2. The molecule has 1 N–H and O–H groups in total. The van der Waals surface area contributed by atoms with E-state index < -0.39 is 10.0 Å². The lowest BCUT2D eigenvalue weighted by molar-refractivity contribution is 0.311. The van der Waals surface area contributed by atoms with E-state index in [9.17, 15) is 8.42 Å². The molecule has 2 aromatic carbocycles. The number of hydrogen-bond acceptors (Lipinski definition) is 7. The highest BCUT2D eigenvalue weighted by Gasteiger charge is 2.20. The van der Waals surface area contributed by atoms with Gasteiger partial charge in [-0.05, 0) is 54.1 Å². The molecule has 2 heterocycles. The maximum Gasteiger partial charge on any atom is 0.263 e. The minimum Gasteiger partial charge on any atom is -0.497 e. The first-order valence-electron chi connectivity index (χ1n) is 9.50. The predicted molar refractivity (Wildman–Crippen MR) is 117 cm³/mol. The van der Waals surface area contributed by atoms with Gasteiger partial charge < -0.3 is 9.47 Å². The Labute approximate surface area is 180 Å². The first-order chi connectivity index (χ1) is 15.0. The van der Waals surface area contributed by atoms with E-state index in [2.05, 4.69) is 19.7 Å². The Morgan fingerprint density at radius 3 is 2.26 bits per heavy atom. The third kappa shape index (κ3) is 4.89. The zero-order chi connectivity index (χ0) is 21.7. The van der Waals surface area contributed by atoms with Gasteiger partial charge in [-0.15, -0.1) is 0 Å². The van der Waals surface area contributed by atoms with Gasteiger partial charge in [0.1, 0.15) is 5.75 Å². The number of nitrogens with zero attached hydrogens (tertiary/aromatic N) is 3. The number of para-hydroxylation sites is 2. The molecule has 0 bridgehead atoms. The summed E-state index contributed by atoms with van der Waals surface area (Å²) >= 11 is 0. The summed E-state index contributed by atoms with van der Waals surface area (Å²) in [6.07, 6.45) is 4.03. The summed E-state index contributed by atoms with van der Waals surface area (Å²) in [5.74, 6) is 0.707. The van der Waals surface area contributed by atoms with E-state index in [-0.39, 0.29) is 16.6 Å². The van der Waals surface area contributed by atoms with Gasteiger partial charge in [0.2, 0.25) is 5.82 Å². The Morgan fingerprint density at radius 2 is 1.58 bits per heavy atom. The van der Waals surface area contributed by atoms with Gasteiger partial charge in [-0.3, -0.25) is 9.71 Å². The number of nitrogens with one attached hydrogen (secondary N) is 1. The lowest BCUT2D eigenvalue weighted by Gasteiger charge is -2.13. The smallest absolute Gasteiger partial charge is 0.263 e.